The van der Waals surface area contributed by atoms with E-state index in [0.717, 1.165) is 0 Å². The molecule has 2 aromatic heterocycles. The van der Waals surface area contributed by atoms with Gasteiger partial charge >= 0.3 is 0 Å². The minimum absolute atomic E-state index is 0.0248. The van der Waals surface area contributed by atoms with Crippen LogP contribution in [0.15, 0.2) is 45.4 Å². The number of aromatic amines is 1. The minimum Gasteiger partial charge on any atom is -0.394 e. The number of hydrogen-bond donors (Lipinski definition) is 4. The number of hydrogen-bond acceptors (Lipinski definition) is 9. The van der Waals surface area contributed by atoms with Crippen LogP contribution in [0.1, 0.15) is 12.6 Å². The molecule has 0 aliphatic carbocycles. The summed E-state index contributed by atoms with van der Waals surface area (Å²) >= 11 is 0. The summed E-state index contributed by atoms with van der Waals surface area (Å²) in [6.45, 7) is -0.346. The summed E-state index contributed by atoms with van der Waals surface area (Å²) in [5, 5.41) is 27.6. The third-order valence-corrected chi connectivity index (χ3v) is 4.23. The summed E-state index contributed by atoms with van der Waals surface area (Å²) in [7, 11) is 0. The third-order valence-electron chi connectivity index (χ3n) is 4.23. The van der Waals surface area contributed by atoms with Crippen molar-refractivity contribution in [2.24, 2.45) is 10.2 Å². The summed E-state index contributed by atoms with van der Waals surface area (Å²) in [5.41, 5.74) is 5.91. The molecule has 0 saturated carbocycles. The number of ether oxygens (including phenoxy) is 1. The van der Waals surface area contributed by atoms with Crippen molar-refractivity contribution < 1.29 is 14.9 Å². The number of nitrogens with two attached hydrogens (primary N) is 1. The minimum atomic E-state index is -0.879. The Morgan fingerprint density at radius 3 is 2.78 bits per heavy atom. The van der Waals surface area contributed by atoms with Crippen molar-refractivity contribution in [2.45, 2.75) is 24.9 Å². The fraction of sp³-hybridized carbons (Fsp3) is 0.312. The van der Waals surface area contributed by atoms with Gasteiger partial charge in [0.15, 0.2) is 11.2 Å². The first-order valence-corrected chi connectivity index (χ1v) is 8.25. The van der Waals surface area contributed by atoms with Gasteiger partial charge in [-0.1, -0.05) is 18.2 Å². The number of nitrogen functional groups attached to an aromatic ring is 1. The summed E-state index contributed by atoms with van der Waals surface area (Å²) in [4.78, 5) is 22.9. The summed E-state index contributed by atoms with van der Waals surface area (Å²) in [5.74, 6) is -0.00862. The number of H-pyrrole nitrogens is 1. The molecule has 140 valence electrons. The van der Waals surface area contributed by atoms with Gasteiger partial charge in [-0.05, 0) is 12.1 Å². The Balaban J connectivity index is 1.84. The molecule has 3 atom stereocenters. The van der Waals surface area contributed by atoms with E-state index in [2.05, 4.69) is 25.2 Å². The van der Waals surface area contributed by atoms with E-state index >= 15 is 0 Å². The maximum atomic E-state index is 12.2. The molecule has 3 aromatic rings. The van der Waals surface area contributed by atoms with Gasteiger partial charge in [0.1, 0.15) is 12.3 Å². The second-order valence-electron chi connectivity index (χ2n) is 6.06. The van der Waals surface area contributed by atoms with Gasteiger partial charge in [-0.3, -0.25) is 14.3 Å². The molecule has 11 heteroatoms. The van der Waals surface area contributed by atoms with E-state index < -0.39 is 24.0 Å². The predicted octanol–water partition coefficient (Wildman–Crippen LogP) is 0.758. The molecule has 1 saturated heterocycles. The van der Waals surface area contributed by atoms with Gasteiger partial charge in [0, 0.05) is 6.42 Å². The Bertz CT molecular complexity index is 1050. The van der Waals surface area contributed by atoms with Crippen molar-refractivity contribution >= 4 is 28.7 Å². The van der Waals surface area contributed by atoms with Crippen molar-refractivity contribution in [3.8, 4) is 0 Å². The Labute approximate surface area is 152 Å². The molecule has 0 radical (unpaired) electrons. The van der Waals surface area contributed by atoms with Gasteiger partial charge in [0.2, 0.25) is 5.95 Å². The van der Waals surface area contributed by atoms with Gasteiger partial charge in [-0.25, -0.2) is 4.98 Å². The first-order chi connectivity index (χ1) is 13.1. The topological polar surface area (TPSA) is 164 Å². The second kappa shape index (κ2) is 6.87. The zero-order valence-corrected chi connectivity index (χ0v) is 14.1. The van der Waals surface area contributed by atoms with Gasteiger partial charge in [0.05, 0.1) is 18.4 Å². The van der Waals surface area contributed by atoms with Crippen LogP contribution in [0.25, 0.3) is 11.2 Å². The standard InChI is InChI=1S/C16H17N7O4/c17-15-19-13-12(14(26)20-15)18-16(22-21-8-4-2-1-3-5-8)23(13)11-6-9(25)10(7-24)27-11/h1-5,9-11,24-25H,6-7H2,(H3,17,19,20,26)/t9?,10-,11-/m1/s1. The molecule has 0 amide bonds. The quantitative estimate of drug-likeness (QED) is 0.491. The first kappa shape index (κ1) is 17.3. The molecule has 27 heavy (non-hydrogen) atoms. The molecule has 0 bridgehead atoms. The van der Waals surface area contributed by atoms with Gasteiger partial charge < -0.3 is 20.7 Å². The Kier molecular flexibility index (Phi) is 4.39. The van der Waals surface area contributed by atoms with Gasteiger partial charge in [-0.2, -0.15) is 4.98 Å². The molecule has 1 unspecified atom stereocenters. The number of rotatable bonds is 4. The number of aliphatic hydroxyl groups is 2. The van der Waals surface area contributed by atoms with E-state index in [-0.39, 0.29) is 36.1 Å². The number of anilines is 1. The molecule has 4 rings (SSSR count). The van der Waals surface area contributed by atoms with Crippen LogP contribution in [0.5, 0.6) is 0 Å². The van der Waals surface area contributed by atoms with E-state index in [9.17, 15) is 15.0 Å². The zero-order chi connectivity index (χ0) is 19.0. The first-order valence-electron chi connectivity index (χ1n) is 8.25. The summed E-state index contributed by atoms with van der Waals surface area (Å²) < 4.78 is 7.13. The number of azo groups is 1. The largest absolute Gasteiger partial charge is 0.394 e. The molecule has 5 N–H and O–H groups in total. The predicted molar refractivity (Wildman–Crippen MR) is 94.8 cm³/mol. The lowest BCUT2D eigenvalue weighted by molar-refractivity contribution is -0.0426. The molecule has 1 aliphatic heterocycles. The zero-order valence-electron chi connectivity index (χ0n) is 14.1. The van der Waals surface area contributed by atoms with Crippen LogP contribution in [0, 0.1) is 0 Å². The Morgan fingerprint density at radius 2 is 2.07 bits per heavy atom. The molecular weight excluding hydrogens is 354 g/mol. The molecular formula is C16H17N7O4. The molecule has 3 heterocycles. The van der Waals surface area contributed by atoms with E-state index in [1.54, 1.807) is 12.1 Å². The SMILES string of the molecule is Nc1nc2c(nc(N=Nc3ccccc3)n2[C@H]2CC(O)[C@@H](CO)O2)c(=O)[nH]1. The molecule has 1 aromatic carbocycles. The fourth-order valence-electron chi connectivity index (χ4n) is 2.96. The highest BCUT2D eigenvalue weighted by Gasteiger charge is 2.37. The molecule has 1 fully saturated rings. The lowest BCUT2D eigenvalue weighted by Gasteiger charge is -2.14. The molecule has 0 spiro atoms. The Hall–Kier alpha value is -3.15. The number of benzene rings is 1. The normalized spacial score (nSPS) is 22.8. The van der Waals surface area contributed by atoms with Crippen LogP contribution in [0.4, 0.5) is 17.6 Å². The smallest absolute Gasteiger partial charge is 0.280 e. The second-order valence-corrected chi connectivity index (χ2v) is 6.06. The number of aliphatic hydroxyl groups excluding tert-OH is 2. The van der Waals surface area contributed by atoms with Crippen LogP contribution in [-0.2, 0) is 4.74 Å². The maximum Gasteiger partial charge on any atom is 0.280 e. The highest BCUT2D eigenvalue weighted by Crippen LogP contribution is 2.34. The van der Waals surface area contributed by atoms with Crippen LogP contribution < -0.4 is 11.3 Å². The van der Waals surface area contributed by atoms with Crippen LogP contribution in [-0.4, -0.2) is 48.5 Å². The van der Waals surface area contributed by atoms with E-state index in [0.29, 0.717) is 5.69 Å². The number of imidazole rings is 1. The summed E-state index contributed by atoms with van der Waals surface area (Å²) in [6.07, 6.45) is -2.21. The Morgan fingerprint density at radius 1 is 1.30 bits per heavy atom. The number of aromatic nitrogens is 4. The lowest BCUT2D eigenvalue weighted by Crippen LogP contribution is -2.24. The van der Waals surface area contributed by atoms with E-state index in [1.807, 2.05) is 18.2 Å². The lowest BCUT2D eigenvalue weighted by atomic mass is 10.2. The molecule has 11 nitrogen and oxygen atoms in total. The molecule has 1 aliphatic rings. The third kappa shape index (κ3) is 3.18. The van der Waals surface area contributed by atoms with Crippen molar-refractivity contribution in [2.75, 3.05) is 12.3 Å². The van der Waals surface area contributed by atoms with Crippen LogP contribution in [0.2, 0.25) is 0 Å². The van der Waals surface area contributed by atoms with E-state index in [1.165, 1.54) is 4.57 Å². The fourth-order valence-corrected chi connectivity index (χ4v) is 2.96. The summed E-state index contributed by atoms with van der Waals surface area (Å²) in [6, 6.07) is 9.00. The maximum absolute atomic E-state index is 12.2. The average Bonchev–Trinajstić information content (AvgIpc) is 3.20. The van der Waals surface area contributed by atoms with Crippen molar-refractivity contribution in [1.29, 1.82) is 0 Å². The monoisotopic (exact) mass is 371 g/mol. The number of nitrogens with zero attached hydrogens (tertiary/aromatic N) is 5. The van der Waals surface area contributed by atoms with Gasteiger partial charge in [0.25, 0.3) is 11.5 Å². The highest BCUT2D eigenvalue weighted by atomic mass is 16.5. The number of nitrogens with one attached hydrogen (secondary N) is 1. The van der Waals surface area contributed by atoms with E-state index in [4.69, 9.17) is 10.5 Å². The van der Waals surface area contributed by atoms with Gasteiger partial charge in [-0.15, -0.1) is 10.2 Å². The highest BCUT2D eigenvalue weighted by molar-refractivity contribution is 5.74. The van der Waals surface area contributed by atoms with Crippen molar-refractivity contribution in [3.05, 3.63) is 40.7 Å². The van der Waals surface area contributed by atoms with Crippen LogP contribution in [0.3, 0.4) is 0 Å². The number of fused-ring (bicyclic) bond motifs is 1. The average molecular weight is 371 g/mol. The van der Waals surface area contributed by atoms with Crippen molar-refractivity contribution in [1.82, 2.24) is 19.5 Å². The van der Waals surface area contributed by atoms with Crippen LogP contribution >= 0.6 is 0 Å². The van der Waals surface area contributed by atoms with Crippen molar-refractivity contribution in [3.63, 3.8) is 0 Å².